The standard InChI is InChI=1S/C19H17ClN4O3S/c1-23(2)16-7-6-13(10-17(16)24(26)27)18(25)22-19-21-11-15(28-19)9-12-4-3-5-14(20)8-12/h3-8,10-11H,9H2,1-2H3,(H,21,22,25). The van der Waals surface area contributed by atoms with Crippen LogP contribution in [0.15, 0.2) is 48.7 Å². The molecule has 0 bridgehead atoms. The molecule has 0 radical (unpaired) electrons. The first kappa shape index (κ1) is 19.8. The van der Waals surface area contributed by atoms with Crippen LogP contribution in [0.25, 0.3) is 0 Å². The van der Waals surface area contributed by atoms with Crippen LogP contribution in [0.3, 0.4) is 0 Å². The fraction of sp³-hybridized carbons (Fsp3) is 0.158. The first-order valence-corrected chi connectivity index (χ1v) is 9.49. The molecule has 7 nitrogen and oxygen atoms in total. The molecule has 144 valence electrons. The number of nitro benzene ring substituents is 1. The molecule has 0 aliphatic carbocycles. The number of aromatic nitrogens is 1. The van der Waals surface area contributed by atoms with E-state index in [1.54, 1.807) is 37.3 Å². The minimum Gasteiger partial charge on any atom is -0.372 e. The van der Waals surface area contributed by atoms with Crippen molar-refractivity contribution in [2.45, 2.75) is 6.42 Å². The summed E-state index contributed by atoms with van der Waals surface area (Å²) < 4.78 is 0. The van der Waals surface area contributed by atoms with Gasteiger partial charge in [-0.05, 0) is 29.8 Å². The van der Waals surface area contributed by atoms with Crippen molar-refractivity contribution < 1.29 is 9.72 Å². The number of hydrogen-bond donors (Lipinski definition) is 1. The molecular weight excluding hydrogens is 400 g/mol. The van der Waals surface area contributed by atoms with Crippen LogP contribution in [-0.2, 0) is 6.42 Å². The predicted molar refractivity (Wildman–Crippen MR) is 112 cm³/mol. The lowest BCUT2D eigenvalue weighted by molar-refractivity contribution is -0.384. The van der Waals surface area contributed by atoms with Crippen molar-refractivity contribution in [2.24, 2.45) is 0 Å². The minimum absolute atomic E-state index is 0.126. The van der Waals surface area contributed by atoms with E-state index < -0.39 is 10.8 Å². The third kappa shape index (κ3) is 4.65. The van der Waals surface area contributed by atoms with E-state index in [0.717, 1.165) is 10.4 Å². The first-order valence-electron chi connectivity index (χ1n) is 8.30. The molecule has 9 heteroatoms. The Morgan fingerprint density at radius 2 is 2.07 bits per heavy atom. The first-order chi connectivity index (χ1) is 13.3. The number of nitrogens with one attached hydrogen (secondary N) is 1. The Morgan fingerprint density at radius 1 is 1.29 bits per heavy atom. The minimum atomic E-state index is -0.501. The maximum absolute atomic E-state index is 12.5. The molecule has 1 heterocycles. The third-order valence-corrected chi connectivity index (χ3v) is 5.11. The van der Waals surface area contributed by atoms with Crippen LogP contribution in [0.2, 0.25) is 5.02 Å². The maximum atomic E-state index is 12.5. The smallest absolute Gasteiger partial charge is 0.293 e. The van der Waals surface area contributed by atoms with Crippen LogP contribution in [-0.4, -0.2) is 29.9 Å². The lowest BCUT2D eigenvalue weighted by Crippen LogP contribution is -2.14. The van der Waals surface area contributed by atoms with E-state index in [2.05, 4.69) is 10.3 Å². The molecule has 0 fully saturated rings. The van der Waals surface area contributed by atoms with Crippen LogP contribution < -0.4 is 10.2 Å². The van der Waals surface area contributed by atoms with Gasteiger partial charge in [0.25, 0.3) is 11.6 Å². The Bertz CT molecular complexity index is 1040. The predicted octanol–water partition coefficient (Wildman–Crippen LogP) is 4.61. The number of nitrogens with zero attached hydrogens (tertiary/aromatic N) is 3. The second-order valence-electron chi connectivity index (χ2n) is 6.25. The van der Waals surface area contributed by atoms with Gasteiger partial charge in [-0.2, -0.15) is 0 Å². The van der Waals surface area contributed by atoms with Gasteiger partial charge in [-0.25, -0.2) is 4.98 Å². The van der Waals surface area contributed by atoms with Gasteiger partial charge in [-0.1, -0.05) is 23.7 Å². The molecule has 1 N–H and O–H groups in total. The summed E-state index contributed by atoms with van der Waals surface area (Å²) in [4.78, 5) is 30.1. The highest BCUT2D eigenvalue weighted by Gasteiger charge is 2.19. The summed E-state index contributed by atoms with van der Waals surface area (Å²) in [5, 5.41) is 15.1. The maximum Gasteiger partial charge on any atom is 0.293 e. The molecule has 0 saturated heterocycles. The lowest BCUT2D eigenvalue weighted by Gasteiger charge is -2.13. The number of benzene rings is 2. The Kier molecular flexibility index (Phi) is 5.91. The van der Waals surface area contributed by atoms with E-state index in [-0.39, 0.29) is 11.3 Å². The molecule has 0 unspecified atom stereocenters. The average molecular weight is 417 g/mol. The number of rotatable bonds is 6. The number of anilines is 2. The van der Waals surface area contributed by atoms with Crippen LogP contribution in [0.1, 0.15) is 20.8 Å². The van der Waals surface area contributed by atoms with Crippen LogP contribution in [0, 0.1) is 10.1 Å². The van der Waals surface area contributed by atoms with Crippen molar-refractivity contribution in [1.29, 1.82) is 0 Å². The number of hydrogen-bond acceptors (Lipinski definition) is 6. The third-order valence-electron chi connectivity index (χ3n) is 3.96. The van der Waals surface area contributed by atoms with Crippen LogP contribution in [0.5, 0.6) is 0 Å². The fourth-order valence-corrected chi connectivity index (χ4v) is 3.71. The normalized spacial score (nSPS) is 10.5. The molecule has 2 aromatic carbocycles. The Balaban J connectivity index is 1.74. The second kappa shape index (κ2) is 8.37. The molecular formula is C19H17ClN4O3S. The van der Waals surface area contributed by atoms with Crippen molar-refractivity contribution >= 4 is 45.4 Å². The van der Waals surface area contributed by atoms with E-state index in [1.165, 1.54) is 17.4 Å². The highest BCUT2D eigenvalue weighted by Crippen LogP contribution is 2.28. The van der Waals surface area contributed by atoms with Gasteiger partial charge in [0, 0.05) is 48.2 Å². The van der Waals surface area contributed by atoms with Crippen LogP contribution >= 0.6 is 22.9 Å². The molecule has 0 spiro atoms. The number of halogens is 1. The summed E-state index contributed by atoms with van der Waals surface area (Å²) in [7, 11) is 3.41. The molecule has 0 aliphatic heterocycles. The van der Waals surface area contributed by atoms with Gasteiger partial charge in [0.1, 0.15) is 5.69 Å². The molecule has 0 aliphatic rings. The van der Waals surface area contributed by atoms with Gasteiger partial charge in [-0.15, -0.1) is 11.3 Å². The zero-order valence-electron chi connectivity index (χ0n) is 15.2. The van der Waals surface area contributed by atoms with E-state index in [9.17, 15) is 14.9 Å². The van der Waals surface area contributed by atoms with Crippen molar-refractivity contribution in [1.82, 2.24) is 4.98 Å². The molecule has 3 aromatic rings. The molecule has 28 heavy (non-hydrogen) atoms. The average Bonchev–Trinajstić information content (AvgIpc) is 3.07. The Labute approximate surface area is 170 Å². The van der Waals surface area contributed by atoms with Crippen LogP contribution in [0.4, 0.5) is 16.5 Å². The van der Waals surface area contributed by atoms with E-state index >= 15 is 0 Å². The molecule has 1 amide bonds. The summed E-state index contributed by atoms with van der Waals surface area (Å²) in [5.41, 5.74) is 1.55. The quantitative estimate of drug-likeness (QED) is 0.468. The SMILES string of the molecule is CN(C)c1ccc(C(=O)Nc2ncc(Cc3cccc(Cl)c3)s2)cc1[N+](=O)[O-]. The fourth-order valence-electron chi connectivity index (χ4n) is 2.65. The van der Waals surface area contributed by atoms with Crippen molar-refractivity contribution in [2.75, 3.05) is 24.3 Å². The van der Waals surface area contributed by atoms with Crippen molar-refractivity contribution in [3.05, 3.63) is 79.8 Å². The number of carbonyl (C=O) groups excluding carboxylic acids is 1. The number of thiazole rings is 1. The highest BCUT2D eigenvalue weighted by molar-refractivity contribution is 7.15. The topological polar surface area (TPSA) is 88.4 Å². The summed E-state index contributed by atoms with van der Waals surface area (Å²) in [5.74, 6) is -0.447. The highest BCUT2D eigenvalue weighted by atomic mass is 35.5. The summed E-state index contributed by atoms with van der Waals surface area (Å²) in [6, 6.07) is 11.9. The molecule has 3 rings (SSSR count). The molecule has 0 atom stereocenters. The number of carbonyl (C=O) groups is 1. The van der Waals surface area contributed by atoms with Gasteiger partial charge in [0.15, 0.2) is 5.13 Å². The van der Waals surface area contributed by atoms with Crippen molar-refractivity contribution in [3.63, 3.8) is 0 Å². The molecule has 0 saturated carbocycles. The largest absolute Gasteiger partial charge is 0.372 e. The lowest BCUT2D eigenvalue weighted by atomic mass is 10.1. The number of amides is 1. The summed E-state index contributed by atoms with van der Waals surface area (Å²) in [6.45, 7) is 0. The van der Waals surface area contributed by atoms with E-state index in [1.807, 2.05) is 24.3 Å². The summed E-state index contributed by atoms with van der Waals surface area (Å²) >= 11 is 7.35. The summed E-state index contributed by atoms with van der Waals surface area (Å²) in [6.07, 6.45) is 2.34. The van der Waals surface area contributed by atoms with E-state index in [4.69, 9.17) is 11.6 Å². The molecule has 1 aromatic heterocycles. The van der Waals surface area contributed by atoms with Gasteiger partial charge < -0.3 is 4.90 Å². The zero-order chi connectivity index (χ0) is 20.3. The Morgan fingerprint density at radius 3 is 2.75 bits per heavy atom. The Hall–Kier alpha value is -2.97. The van der Waals surface area contributed by atoms with Gasteiger partial charge in [0.2, 0.25) is 0 Å². The zero-order valence-corrected chi connectivity index (χ0v) is 16.8. The second-order valence-corrected chi connectivity index (χ2v) is 7.80. The van der Waals surface area contributed by atoms with E-state index in [0.29, 0.717) is 22.3 Å². The van der Waals surface area contributed by atoms with Crippen molar-refractivity contribution in [3.8, 4) is 0 Å². The van der Waals surface area contributed by atoms with Gasteiger partial charge >= 0.3 is 0 Å². The van der Waals surface area contributed by atoms with Gasteiger partial charge in [0.05, 0.1) is 4.92 Å². The van der Waals surface area contributed by atoms with Gasteiger partial charge in [-0.3, -0.25) is 20.2 Å². The monoisotopic (exact) mass is 416 g/mol. The number of nitro groups is 1.